The van der Waals surface area contributed by atoms with Crippen LogP contribution in [0.15, 0.2) is 0 Å². The van der Waals surface area contributed by atoms with Crippen molar-refractivity contribution in [3.63, 3.8) is 0 Å². The van der Waals surface area contributed by atoms with Crippen LogP contribution < -0.4 is 5.32 Å². The highest BCUT2D eigenvalue weighted by molar-refractivity contribution is 4.99. The Bertz CT molecular complexity index is 406. The Balaban J connectivity index is 2.15. The van der Waals surface area contributed by atoms with E-state index in [1.54, 1.807) is 4.80 Å². The van der Waals surface area contributed by atoms with Gasteiger partial charge in [-0.05, 0) is 42.4 Å². The minimum Gasteiger partial charge on any atom is -0.313 e. The zero-order chi connectivity index (χ0) is 14.6. The molecule has 1 saturated carbocycles. The van der Waals surface area contributed by atoms with Crippen LogP contribution in [-0.2, 0) is 13.5 Å². The maximum atomic E-state index is 4.37. The first-order chi connectivity index (χ1) is 9.55. The normalized spacial score (nSPS) is 19.6. The first-order valence-corrected chi connectivity index (χ1v) is 8.02. The molecule has 20 heavy (non-hydrogen) atoms. The molecule has 1 unspecified atom stereocenters. The fourth-order valence-electron chi connectivity index (χ4n) is 3.93. The molecule has 0 radical (unpaired) electrons. The number of rotatable bonds is 7. The summed E-state index contributed by atoms with van der Waals surface area (Å²) in [6.45, 7) is 7.87. The Morgan fingerprint density at radius 2 is 2.00 bits per heavy atom. The molecule has 5 heteroatoms. The Morgan fingerprint density at radius 1 is 1.30 bits per heavy atom. The van der Waals surface area contributed by atoms with Gasteiger partial charge in [0.25, 0.3) is 0 Å². The van der Waals surface area contributed by atoms with Gasteiger partial charge in [-0.25, -0.2) is 0 Å². The van der Waals surface area contributed by atoms with Gasteiger partial charge in [0.2, 0.25) is 0 Å². The standard InChI is InChI=1S/C15H29N5/c1-5-16-13(10-14-17-19-20(4)18-14)15(11-12(2)3)8-6-7-9-15/h12-13,16H,5-11H2,1-4H3. The summed E-state index contributed by atoms with van der Waals surface area (Å²) >= 11 is 0. The summed E-state index contributed by atoms with van der Waals surface area (Å²) in [5, 5.41) is 16.2. The average molecular weight is 279 g/mol. The number of nitrogens with zero attached hydrogens (tertiary/aromatic N) is 4. The van der Waals surface area contributed by atoms with E-state index >= 15 is 0 Å². The first-order valence-electron chi connectivity index (χ1n) is 8.02. The Kier molecular flexibility index (Phi) is 5.13. The molecule has 0 saturated heterocycles. The summed E-state index contributed by atoms with van der Waals surface area (Å²) in [6.07, 6.45) is 7.59. The molecule has 1 aromatic rings. The molecule has 0 spiro atoms. The minimum absolute atomic E-state index is 0.420. The number of likely N-dealkylation sites (N-methyl/N-ethyl adjacent to an activating group) is 1. The van der Waals surface area contributed by atoms with Gasteiger partial charge in [-0.15, -0.1) is 10.2 Å². The number of hydrogen-bond donors (Lipinski definition) is 1. The molecule has 1 aliphatic rings. The van der Waals surface area contributed by atoms with Crippen LogP contribution in [0.1, 0.15) is 58.7 Å². The predicted molar refractivity (Wildman–Crippen MR) is 80.3 cm³/mol. The van der Waals surface area contributed by atoms with Crippen molar-refractivity contribution in [1.29, 1.82) is 0 Å². The third kappa shape index (κ3) is 3.57. The lowest BCUT2D eigenvalue weighted by atomic mass is 9.71. The molecule has 114 valence electrons. The molecular weight excluding hydrogens is 250 g/mol. The summed E-state index contributed by atoms with van der Waals surface area (Å²) in [7, 11) is 1.83. The zero-order valence-corrected chi connectivity index (χ0v) is 13.4. The van der Waals surface area contributed by atoms with Gasteiger partial charge in [0.15, 0.2) is 5.82 Å². The molecule has 1 fully saturated rings. The van der Waals surface area contributed by atoms with Crippen LogP contribution in [0.3, 0.4) is 0 Å². The Labute approximate surface area is 122 Å². The van der Waals surface area contributed by atoms with Crippen LogP contribution in [0.5, 0.6) is 0 Å². The number of aryl methyl sites for hydroxylation is 1. The van der Waals surface area contributed by atoms with E-state index in [1.807, 2.05) is 7.05 Å². The SMILES string of the molecule is CCNC(Cc1nnn(C)n1)C1(CC(C)C)CCCC1. The van der Waals surface area contributed by atoms with Gasteiger partial charge in [0, 0.05) is 12.5 Å². The van der Waals surface area contributed by atoms with Crippen molar-refractivity contribution in [3.05, 3.63) is 5.82 Å². The molecular formula is C15H29N5. The largest absolute Gasteiger partial charge is 0.313 e. The van der Waals surface area contributed by atoms with Crippen LogP contribution in [0.4, 0.5) is 0 Å². The summed E-state index contributed by atoms with van der Waals surface area (Å²) in [5.74, 6) is 1.61. The van der Waals surface area contributed by atoms with Gasteiger partial charge in [-0.1, -0.05) is 33.6 Å². The fraction of sp³-hybridized carbons (Fsp3) is 0.933. The van der Waals surface area contributed by atoms with Crippen molar-refractivity contribution in [2.24, 2.45) is 18.4 Å². The zero-order valence-electron chi connectivity index (χ0n) is 13.4. The van der Waals surface area contributed by atoms with Crippen LogP contribution in [0.25, 0.3) is 0 Å². The van der Waals surface area contributed by atoms with Crippen LogP contribution >= 0.6 is 0 Å². The van der Waals surface area contributed by atoms with Gasteiger partial charge in [0.05, 0.1) is 7.05 Å². The third-order valence-electron chi connectivity index (χ3n) is 4.54. The molecule has 0 amide bonds. The second-order valence-electron chi connectivity index (χ2n) is 6.68. The van der Waals surface area contributed by atoms with E-state index in [0.717, 1.165) is 24.7 Å². The van der Waals surface area contributed by atoms with Gasteiger partial charge in [-0.3, -0.25) is 0 Å². The monoisotopic (exact) mass is 279 g/mol. The number of hydrogen-bond acceptors (Lipinski definition) is 4. The van der Waals surface area contributed by atoms with Crippen molar-refractivity contribution in [2.45, 2.75) is 65.3 Å². The van der Waals surface area contributed by atoms with Crippen molar-refractivity contribution in [1.82, 2.24) is 25.5 Å². The molecule has 1 N–H and O–H groups in total. The highest BCUT2D eigenvalue weighted by atomic mass is 15.6. The minimum atomic E-state index is 0.420. The lowest BCUT2D eigenvalue weighted by Gasteiger charge is -2.39. The van der Waals surface area contributed by atoms with Crippen LogP contribution in [0, 0.1) is 11.3 Å². The van der Waals surface area contributed by atoms with Crippen molar-refractivity contribution in [3.8, 4) is 0 Å². The molecule has 1 heterocycles. The number of tetrazole rings is 1. The Morgan fingerprint density at radius 3 is 2.50 bits per heavy atom. The molecule has 0 bridgehead atoms. The quantitative estimate of drug-likeness (QED) is 0.832. The maximum Gasteiger partial charge on any atom is 0.176 e. The highest BCUT2D eigenvalue weighted by Crippen LogP contribution is 2.46. The van der Waals surface area contributed by atoms with Crippen LogP contribution in [-0.4, -0.2) is 32.8 Å². The molecule has 0 aromatic carbocycles. The predicted octanol–water partition coefficient (Wildman–Crippen LogP) is 2.34. The lowest BCUT2D eigenvalue weighted by Crippen LogP contribution is -2.46. The Hall–Kier alpha value is -0.970. The second-order valence-corrected chi connectivity index (χ2v) is 6.68. The molecule has 5 nitrogen and oxygen atoms in total. The van der Waals surface area contributed by atoms with Gasteiger partial charge in [0.1, 0.15) is 0 Å². The number of aromatic nitrogens is 4. The van der Waals surface area contributed by atoms with E-state index in [-0.39, 0.29) is 0 Å². The van der Waals surface area contributed by atoms with E-state index in [4.69, 9.17) is 0 Å². The summed E-state index contributed by atoms with van der Waals surface area (Å²) < 4.78 is 0. The van der Waals surface area contributed by atoms with Gasteiger partial charge < -0.3 is 5.32 Å². The van der Waals surface area contributed by atoms with E-state index < -0.39 is 0 Å². The van der Waals surface area contributed by atoms with E-state index in [0.29, 0.717) is 11.5 Å². The molecule has 0 aliphatic heterocycles. The lowest BCUT2D eigenvalue weighted by molar-refractivity contribution is 0.153. The highest BCUT2D eigenvalue weighted by Gasteiger charge is 2.41. The average Bonchev–Trinajstić information content (AvgIpc) is 2.98. The maximum absolute atomic E-state index is 4.37. The molecule has 1 atom stereocenters. The fourth-order valence-corrected chi connectivity index (χ4v) is 3.93. The smallest absolute Gasteiger partial charge is 0.176 e. The molecule has 2 rings (SSSR count). The molecule has 1 aromatic heterocycles. The van der Waals surface area contributed by atoms with E-state index in [1.165, 1.54) is 32.1 Å². The van der Waals surface area contributed by atoms with Crippen molar-refractivity contribution < 1.29 is 0 Å². The van der Waals surface area contributed by atoms with Crippen molar-refractivity contribution in [2.75, 3.05) is 6.54 Å². The first kappa shape index (κ1) is 15.4. The topological polar surface area (TPSA) is 55.6 Å². The summed E-state index contributed by atoms with van der Waals surface area (Å²) in [4.78, 5) is 1.56. The van der Waals surface area contributed by atoms with E-state index in [2.05, 4.69) is 41.5 Å². The van der Waals surface area contributed by atoms with Crippen molar-refractivity contribution >= 4 is 0 Å². The summed E-state index contributed by atoms with van der Waals surface area (Å²) in [6, 6.07) is 0.474. The van der Waals surface area contributed by atoms with E-state index in [9.17, 15) is 0 Å². The third-order valence-corrected chi connectivity index (χ3v) is 4.54. The van der Waals surface area contributed by atoms with Gasteiger partial charge in [-0.2, -0.15) is 4.80 Å². The van der Waals surface area contributed by atoms with Gasteiger partial charge >= 0.3 is 0 Å². The molecule has 1 aliphatic carbocycles. The number of nitrogens with one attached hydrogen (secondary N) is 1. The summed E-state index contributed by atoms with van der Waals surface area (Å²) in [5.41, 5.74) is 0.420. The second kappa shape index (κ2) is 6.66. The van der Waals surface area contributed by atoms with Crippen LogP contribution in [0.2, 0.25) is 0 Å².